The van der Waals surface area contributed by atoms with Crippen LogP contribution in [0.3, 0.4) is 0 Å². The fraction of sp³-hybridized carbons (Fsp3) is 0.333. The van der Waals surface area contributed by atoms with Gasteiger partial charge in [-0.05, 0) is 55.5 Å². The van der Waals surface area contributed by atoms with E-state index < -0.39 is 27.9 Å². The van der Waals surface area contributed by atoms with E-state index >= 15 is 0 Å². The summed E-state index contributed by atoms with van der Waals surface area (Å²) in [6.07, 6.45) is 0.873. The van der Waals surface area contributed by atoms with Gasteiger partial charge in [-0.2, -0.15) is 0 Å². The van der Waals surface area contributed by atoms with Crippen LogP contribution in [0.25, 0.3) is 0 Å². The molecule has 2 amide bonds. The Labute approximate surface area is 165 Å². The van der Waals surface area contributed by atoms with E-state index in [1.807, 2.05) is 44.2 Å². The van der Waals surface area contributed by atoms with Crippen molar-refractivity contribution in [1.82, 2.24) is 9.62 Å². The highest BCUT2D eigenvalue weighted by molar-refractivity contribution is 7.89. The largest absolute Gasteiger partial charge is 0.354 e. The van der Waals surface area contributed by atoms with Crippen LogP contribution in [0.4, 0.5) is 0 Å². The third-order valence-electron chi connectivity index (χ3n) is 5.05. The maximum Gasteiger partial charge on any atom is 0.267 e. The minimum absolute atomic E-state index is 0.0351. The van der Waals surface area contributed by atoms with Crippen LogP contribution in [0, 0.1) is 13.8 Å². The summed E-state index contributed by atoms with van der Waals surface area (Å²) in [5.74, 6) is -0.976. The van der Waals surface area contributed by atoms with E-state index in [0.29, 0.717) is 13.0 Å². The van der Waals surface area contributed by atoms with E-state index in [4.69, 9.17) is 0 Å². The Bertz CT molecular complexity index is 987. The molecule has 1 atom stereocenters. The highest BCUT2D eigenvalue weighted by Crippen LogP contribution is 2.28. The number of amides is 2. The predicted molar refractivity (Wildman–Crippen MR) is 106 cm³/mol. The Morgan fingerprint density at radius 3 is 2.50 bits per heavy atom. The molecule has 7 heteroatoms. The highest BCUT2D eigenvalue weighted by atomic mass is 32.2. The number of carbonyl (C=O) groups excluding carboxylic acids is 2. The number of hydrogen-bond acceptors (Lipinski definition) is 4. The summed E-state index contributed by atoms with van der Waals surface area (Å²) in [6, 6.07) is 13.4. The van der Waals surface area contributed by atoms with E-state index in [0.717, 1.165) is 21.0 Å². The highest BCUT2D eigenvalue weighted by Gasteiger charge is 2.44. The molecule has 2 aromatic carbocycles. The van der Waals surface area contributed by atoms with Gasteiger partial charge in [0.25, 0.3) is 10.0 Å². The summed E-state index contributed by atoms with van der Waals surface area (Å²) in [4.78, 5) is 25.0. The van der Waals surface area contributed by atoms with E-state index in [1.165, 1.54) is 6.07 Å². The lowest BCUT2D eigenvalue weighted by atomic mass is 10.1. The molecule has 3 rings (SSSR count). The van der Waals surface area contributed by atoms with Gasteiger partial charge < -0.3 is 5.32 Å². The van der Waals surface area contributed by atoms with Gasteiger partial charge in [0.05, 0.1) is 4.90 Å². The first-order chi connectivity index (χ1) is 13.3. The molecule has 2 aromatic rings. The first-order valence-corrected chi connectivity index (χ1v) is 10.7. The lowest BCUT2D eigenvalue weighted by Gasteiger charge is -2.24. The van der Waals surface area contributed by atoms with E-state index in [-0.39, 0.29) is 17.7 Å². The van der Waals surface area contributed by atoms with Crippen LogP contribution in [0.1, 0.15) is 29.5 Å². The molecule has 1 aliphatic heterocycles. The molecule has 28 heavy (non-hydrogen) atoms. The first-order valence-electron chi connectivity index (χ1n) is 9.27. The number of benzene rings is 2. The van der Waals surface area contributed by atoms with Gasteiger partial charge >= 0.3 is 0 Å². The number of sulfonamides is 1. The Morgan fingerprint density at radius 2 is 1.82 bits per heavy atom. The predicted octanol–water partition coefficient (Wildman–Crippen LogP) is 2.34. The Morgan fingerprint density at radius 1 is 1.11 bits per heavy atom. The van der Waals surface area contributed by atoms with Crippen molar-refractivity contribution in [2.45, 2.75) is 44.0 Å². The Kier molecular flexibility index (Phi) is 5.84. The average Bonchev–Trinajstić information content (AvgIpc) is 3.07. The molecule has 1 saturated heterocycles. The van der Waals surface area contributed by atoms with E-state index in [9.17, 15) is 18.0 Å². The van der Waals surface area contributed by atoms with Gasteiger partial charge in [0.15, 0.2) is 0 Å². The second-order valence-corrected chi connectivity index (χ2v) is 8.84. The van der Waals surface area contributed by atoms with Crippen molar-refractivity contribution in [3.05, 3.63) is 65.2 Å². The van der Waals surface area contributed by atoms with Gasteiger partial charge in [-0.15, -0.1) is 0 Å². The summed E-state index contributed by atoms with van der Waals surface area (Å²) < 4.78 is 26.8. The summed E-state index contributed by atoms with van der Waals surface area (Å²) in [6.45, 7) is 4.08. The summed E-state index contributed by atoms with van der Waals surface area (Å²) in [5.41, 5.74) is 2.85. The maximum atomic E-state index is 13.0. The van der Waals surface area contributed by atoms with Gasteiger partial charge in [-0.3, -0.25) is 9.59 Å². The van der Waals surface area contributed by atoms with Crippen LogP contribution in [-0.2, 0) is 26.0 Å². The summed E-state index contributed by atoms with van der Waals surface area (Å²) in [5, 5.41) is 2.77. The zero-order valence-corrected chi connectivity index (χ0v) is 16.8. The summed E-state index contributed by atoms with van der Waals surface area (Å²) >= 11 is 0. The lowest BCUT2D eigenvalue weighted by Crippen LogP contribution is -2.47. The second kappa shape index (κ2) is 8.14. The van der Waals surface area contributed by atoms with E-state index in [1.54, 1.807) is 12.1 Å². The zero-order valence-electron chi connectivity index (χ0n) is 16.0. The van der Waals surface area contributed by atoms with Gasteiger partial charge in [0.2, 0.25) is 11.8 Å². The van der Waals surface area contributed by atoms with Crippen LogP contribution < -0.4 is 5.32 Å². The molecule has 0 aliphatic carbocycles. The topological polar surface area (TPSA) is 83.6 Å². The molecule has 6 nitrogen and oxygen atoms in total. The molecular formula is C21H24N2O4S. The fourth-order valence-corrected chi connectivity index (χ4v) is 4.97. The van der Waals surface area contributed by atoms with Crippen molar-refractivity contribution in [2.75, 3.05) is 6.54 Å². The molecule has 1 heterocycles. The molecule has 1 aliphatic rings. The van der Waals surface area contributed by atoms with Gasteiger partial charge in [0, 0.05) is 13.0 Å². The molecule has 0 radical (unpaired) electrons. The Balaban J connectivity index is 1.74. The van der Waals surface area contributed by atoms with Gasteiger partial charge in [0.1, 0.15) is 6.04 Å². The average molecular weight is 401 g/mol. The molecule has 0 bridgehead atoms. The normalized spacial score (nSPS) is 17.0. The number of rotatable bonds is 6. The standard InChI is InChI=1S/C21H24N2O4S/c1-15-8-9-18(14-16(15)2)28(26,27)23-19(10-11-20(23)24)21(25)22-13-12-17-6-4-3-5-7-17/h3-9,14,19H,10-13H2,1-2H3,(H,22,25)/t19-/m1/s1. The van der Waals surface area contributed by atoms with Crippen molar-refractivity contribution < 1.29 is 18.0 Å². The molecule has 148 valence electrons. The lowest BCUT2D eigenvalue weighted by molar-refractivity contribution is -0.130. The van der Waals surface area contributed by atoms with Crippen LogP contribution in [0.15, 0.2) is 53.4 Å². The summed E-state index contributed by atoms with van der Waals surface area (Å²) in [7, 11) is -4.08. The van der Waals surface area contributed by atoms with Crippen LogP contribution in [0.2, 0.25) is 0 Å². The van der Waals surface area contributed by atoms with E-state index in [2.05, 4.69) is 5.32 Å². The molecule has 0 unspecified atom stereocenters. The zero-order chi connectivity index (χ0) is 20.3. The number of aryl methyl sites for hydroxylation is 2. The Hall–Kier alpha value is -2.67. The van der Waals surface area contributed by atoms with Crippen molar-refractivity contribution in [1.29, 1.82) is 0 Å². The van der Waals surface area contributed by atoms with Crippen molar-refractivity contribution in [3.63, 3.8) is 0 Å². The number of nitrogens with one attached hydrogen (secondary N) is 1. The van der Waals surface area contributed by atoms with Gasteiger partial charge in [-0.1, -0.05) is 36.4 Å². The third-order valence-corrected chi connectivity index (χ3v) is 6.88. The van der Waals surface area contributed by atoms with Crippen LogP contribution in [0.5, 0.6) is 0 Å². The quantitative estimate of drug-likeness (QED) is 0.807. The second-order valence-electron chi connectivity index (χ2n) is 7.02. The smallest absolute Gasteiger partial charge is 0.267 e. The molecule has 1 fully saturated rings. The molecular weight excluding hydrogens is 376 g/mol. The molecule has 0 spiro atoms. The van der Waals surface area contributed by atoms with Crippen molar-refractivity contribution in [2.24, 2.45) is 0 Å². The third kappa shape index (κ3) is 4.09. The number of carbonyl (C=O) groups is 2. The monoisotopic (exact) mass is 400 g/mol. The number of hydrogen-bond donors (Lipinski definition) is 1. The fourth-order valence-electron chi connectivity index (χ4n) is 3.28. The van der Waals surface area contributed by atoms with Crippen LogP contribution >= 0.6 is 0 Å². The number of nitrogens with zero attached hydrogens (tertiary/aromatic N) is 1. The van der Waals surface area contributed by atoms with Crippen molar-refractivity contribution in [3.8, 4) is 0 Å². The minimum atomic E-state index is -4.08. The SMILES string of the molecule is Cc1ccc(S(=O)(=O)N2C(=O)CC[C@@H]2C(=O)NCCc2ccccc2)cc1C. The van der Waals surface area contributed by atoms with Crippen LogP contribution in [-0.4, -0.2) is 37.1 Å². The molecule has 0 saturated carbocycles. The first kappa shape index (κ1) is 20.1. The maximum absolute atomic E-state index is 13.0. The van der Waals surface area contributed by atoms with Crippen molar-refractivity contribution >= 4 is 21.8 Å². The minimum Gasteiger partial charge on any atom is -0.354 e. The molecule has 0 aromatic heterocycles. The molecule has 1 N–H and O–H groups in total. The van der Waals surface area contributed by atoms with Gasteiger partial charge in [-0.25, -0.2) is 12.7 Å².